The van der Waals surface area contributed by atoms with Crippen molar-refractivity contribution < 1.29 is 21.8 Å². The third-order valence-corrected chi connectivity index (χ3v) is 7.99. The van der Waals surface area contributed by atoms with Gasteiger partial charge in [0.25, 0.3) is 0 Å². The molecule has 0 bridgehead atoms. The molecule has 32 heavy (non-hydrogen) atoms. The Kier molecular flexibility index (Phi) is 9.18. The topological polar surface area (TPSA) is 21.3 Å². The zero-order valence-electron chi connectivity index (χ0n) is 18.6. The molecule has 2 aromatic carbocycles. The van der Waals surface area contributed by atoms with Crippen molar-refractivity contribution in [1.29, 1.82) is 0 Å². The smallest absolute Gasteiger partial charge is 0.195 e. The van der Waals surface area contributed by atoms with Crippen LogP contribution in [0.4, 0.5) is 0 Å². The Bertz CT molecular complexity index is 972. The van der Waals surface area contributed by atoms with Crippen LogP contribution in [0.2, 0.25) is 0 Å². The Morgan fingerprint density at radius 2 is 1.47 bits per heavy atom. The van der Waals surface area contributed by atoms with E-state index in [1.165, 1.54) is 21.5 Å². The number of benzene rings is 2. The fourth-order valence-corrected chi connectivity index (χ4v) is 6.16. The summed E-state index contributed by atoms with van der Waals surface area (Å²) in [6, 6.07) is 22.0. The first kappa shape index (κ1) is 24.3. The maximum atomic E-state index is 6.05. The van der Waals surface area contributed by atoms with Gasteiger partial charge >= 0.3 is 0 Å². The maximum Gasteiger partial charge on any atom is 0.195 e. The van der Waals surface area contributed by atoms with Gasteiger partial charge in [0.15, 0.2) is 5.88 Å². The second kappa shape index (κ2) is 12.1. The van der Waals surface area contributed by atoms with E-state index in [9.17, 15) is 0 Å². The van der Waals surface area contributed by atoms with Crippen LogP contribution in [0.3, 0.4) is 0 Å². The maximum absolute atomic E-state index is 6.05. The van der Waals surface area contributed by atoms with Crippen LogP contribution in [-0.4, -0.2) is 12.6 Å². The van der Waals surface area contributed by atoms with Gasteiger partial charge in [0.1, 0.15) is 6.61 Å². The van der Waals surface area contributed by atoms with Gasteiger partial charge in [-0.2, -0.15) is 0 Å². The Morgan fingerprint density at radius 1 is 0.875 bits per heavy atom. The molecule has 0 aromatic heterocycles. The molecule has 0 saturated carbocycles. The second-order valence-electron chi connectivity index (χ2n) is 8.06. The average Bonchev–Trinajstić information content (AvgIpc) is 3.58. The molecular weight excluding hydrogens is 453 g/mol. The molecule has 166 valence electrons. The molecule has 2 aromatic rings. The molecule has 2 aliphatic carbocycles. The summed E-state index contributed by atoms with van der Waals surface area (Å²) in [5.74, 6) is 1.48. The van der Waals surface area contributed by atoms with Gasteiger partial charge in [0.2, 0.25) is 0 Å². The summed E-state index contributed by atoms with van der Waals surface area (Å²) in [5, 5.41) is 7.67. The summed E-state index contributed by atoms with van der Waals surface area (Å²) in [7, 11) is -0.616. The van der Waals surface area contributed by atoms with Crippen molar-refractivity contribution in [3.8, 4) is 0 Å². The Balaban J connectivity index is 0.000000427. The van der Waals surface area contributed by atoms with Crippen LogP contribution in [0.25, 0.3) is 0 Å². The van der Waals surface area contributed by atoms with Crippen LogP contribution in [0.1, 0.15) is 20.3 Å². The summed E-state index contributed by atoms with van der Waals surface area (Å²) in [4.78, 5) is 0. The molecule has 1 atom stereocenters. The minimum absolute atomic E-state index is 0. The van der Waals surface area contributed by atoms with Crippen molar-refractivity contribution in [3.63, 3.8) is 0 Å². The molecule has 1 heterocycles. The minimum Gasteiger partial charge on any atom is -0.477 e. The number of hydrogen-bond acceptors (Lipinski definition) is 2. The number of hydrogen-bond donors (Lipinski definition) is 1. The second-order valence-corrected chi connectivity index (χ2v) is 10.2. The van der Waals surface area contributed by atoms with Crippen LogP contribution < -0.4 is 15.9 Å². The zero-order chi connectivity index (χ0) is 21.5. The van der Waals surface area contributed by atoms with Crippen molar-refractivity contribution in [2.75, 3.05) is 6.61 Å². The van der Waals surface area contributed by atoms with Crippen molar-refractivity contribution in [2.45, 2.75) is 26.3 Å². The fraction of sp³-hybridized carbons (Fsp3) is 0.214. The zero-order valence-corrected chi connectivity index (χ0v) is 20.6. The van der Waals surface area contributed by atoms with E-state index in [0.29, 0.717) is 12.0 Å². The minimum atomic E-state index is -0.616. The molecule has 1 saturated heterocycles. The summed E-state index contributed by atoms with van der Waals surface area (Å²) in [5.41, 5.74) is 1.20. The molecule has 1 aliphatic heterocycles. The standard InChI is InChI=1S/C23H24NOP.C5H6.Fe/c1-17(2)21-16-25-23(24-21)20-14-9-15-22(20)26(18-10-5-3-6-11-18)19-12-7-4-8-13-19;1-2-4-5-3-1;/h3-15,17,21,24H,16H2,1-2H3;1-4H,5H2;/t21-;;/m1../s1. The van der Waals surface area contributed by atoms with E-state index >= 15 is 0 Å². The third-order valence-electron chi connectivity index (χ3n) is 5.49. The average molecular weight is 483 g/mol. The van der Waals surface area contributed by atoms with Gasteiger partial charge in [-0.05, 0) is 42.3 Å². The van der Waals surface area contributed by atoms with E-state index in [1.807, 2.05) is 0 Å². The van der Waals surface area contributed by atoms with Crippen LogP contribution in [-0.2, 0) is 21.8 Å². The van der Waals surface area contributed by atoms with E-state index in [2.05, 4.69) is 122 Å². The van der Waals surface area contributed by atoms with Crippen molar-refractivity contribution in [3.05, 3.63) is 120 Å². The molecule has 4 heteroatoms. The molecule has 0 radical (unpaired) electrons. The Morgan fingerprint density at radius 3 is 1.94 bits per heavy atom. The predicted molar refractivity (Wildman–Crippen MR) is 134 cm³/mol. The first-order valence-electron chi connectivity index (χ1n) is 11.0. The van der Waals surface area contributed by atoms with Crippen molar-refractivity contribution >= 4 is 18.5 Å². The van der Waals surface area contributed by atoms with Gasteiger partial charge in [0.05, 0.1) is 6.04 Å². The van der Waals surface area contributed by atoms with Gasteiger partial charge < -0.3 is 10.1 Å². The van der Waals surface area contributed by atoms with Crippen LogP contribution >= 0.6 is 7.92 Å². The van der Waals surface area contributed by atoms with Crippen LogP contribution in [0, 0.1) is 5.92 Å². The molecule has 2 nitrogen and oxygen atoms in total. The fourth-order valence-electron chi connectivity index (χ4n) is 3.71. The van der Waals surface area contributed by atoms with Gasteiger partial charge in [-0.25, -0.2) is 0 Å². The number of nitrogens with one attached hydrogen (secondary N) is 1. The van der Waals surface area contributed by atoms with Crippen molar-refractivity contribution in [1.82, 2.24) is 5.32 Å². The van der Waals surface area contributed by atoms with E-state index in [1.54, 1.807) is 0 Å². The quantitative estimate of drug-likeness (QED) is 0.430. The number of ether oxygens (including phenoxy) is 1. The predicted octanol–water partition coefficient (Wildman–Crippen LogP) is 5.93. The SMILES string of the molecule is C1=CCC=C1.CC(C)[C@H]1COC(=C2C=CC=C2P(c2ccccc2)c2ccccc2)N1.[Fe]. The van der Waals surface area contributed by atoms with Gasteiger partial charge in [0, 0.05) is 22.6 Å². The normalized spacial score (nSPS) is 20.5. The molecule has 0 unspecified atom stereocenters. The van der Waals surface area contributed by atoms with Crippen LogP contribution in [0.5, 0.6) is 0 Å². The molecule has 1 fully saturated rings. The first-order valence-corrected chi connectivity index (χ1v) is 12.3. The van der Waals surface area contributed by atoms with E-state index < -0.39 is 7.92 Å². The van der Waals surface area contributed by atoms with Gasteiger partial charge in [-0.15, -0.1) is 0 Å². The number of rotatable bonds is 4. The Hall–Kier alpha value is -2.31. The first-order chi connectivity index (χ1) is 15.2. The van der Waals surface area contributed by atoms with E-state index in [0.717, 1.165) is 18.9 Å². The van der Waals surface area contributed by atoms with Crippen molar-refractivity contribution in [2.24, 2.45) is 5.92 Å². The largest absolute Gasteiger partial charge is 0.477 e. The summed E-state index contributed by atoms with van der Waals surface area (Å²) in [6.07, 6.45) is 16.1. The molecule has 1 N–H and O–H groups in total. The van der Waals surface area contributed by atoms with E-state index in [-0.39, 0.29) is 17.1 Å². The third kappa shape index (κ3) is 5.93. The molecule has 0 spiro atoms. The van der Waals surface area contributed by atoms with E-state index in [4.69, 9.17) is 4.74 Å². The summed E-state index contributed by atoms with van der Waals surface area (Å²) in [6.45, 7) is 5.21. The molecular formula is C28H30FeNOP. The molecule has 3 aliphatic rings. The number of allylic oxidation sites excluding steroid dienone is 9. The monoisotopic (exact) mass is 483 g/mol. The van der Waals surface area contributed by atoms with Crippen LogP contribution in [0.15, 0.2) is 120 Å². The molecule has 0 amide bonds. The van der Waals surface area contributed by atoms with Gasteiger partial charge in [-0.3, -0.25) is 0 Å². The summed E-state index contributed by atoms with van der Waals surface area (Å²) >= 11 is 0. The van der Waals surface area contributed by atoms with Gasteiger partial charge in [-0.1, -0.05) is 111 Å². The summed E-state index contributed by atoms with van der Waals surface area (Å²) < 4.78 is 6.05. The Labute approximate surface area is 204 Å². The molecule has 5 rings (SSSR count).